The van der Waals surface area contributed by atoms with E-state index in [0.29, 0.717) is 12.1 Å². The molecule has 0 bridgehead atoms. The Morgan fingerprint density at radius 2 is 1.76 bits per heavy atom. The number of ketones is 1. The fraction of sp³-hybridized carbons (Fsp3) is 0.156. The molecule has 3 aromatic carbocycles. The Balaban J connectivity index is 1.33. The first-order valence-corrected chi connectivity index (χ1v) is 12.7. The van der Waals surface area contributed by atoms with Crippen molar-refractivity contribution in [3.05, 3.63) is 119 Å². The number of pyridine rings is 1. The van der Waals surface area contributed by atoms with E-state index in [1.54, 1.807) is 13.1 Å². The van der Waals surface area contributed by atoms with E-state index in [4.69, 9.17) is 0 Å². The Morgan fingerprint density at radius 3 is 2.50 bits per heavy atom. The molecule has 0 atom stereocenters. The number of aryl methyl sites for hydroxylation is 2. The normalized spacial score (nSPS) is 10.9. The van der Waals surface area contributed by atoms with Gasteiger partial charge in [-0.1, -0.05) is 48.9 Å². The molecule has 5 rings (SSSR count). The number of anilines is 2. The van der Waals surface area contributed by atoms with Crippen LogP contribution < -0.4 is 10.6 Å². The second-order valence-corrected chi connectivity index (χ2v) is 9.41. The first-order chi connectivity index (χ1) is 18.4. The molecule has 0 aliphatic heterocycles. The van der Waals surface area contributed by atoms with Crippen LogP contribution in [0.15, 0.2) is 91.3 Å². The Morgan fingerprint density at radius 1 is 0.947 bits per heavy atom. The molecule has 6 nitrogen and oxygen atoms in total. The lowest BCUT2D eigenvalue weighted by Crippen LogP contribution is -2.22. The number of benzene rings is 3. The molecule has 1 amide bonds. The van der Waals surface area contributed by atoms with E-state index in [0.717, 1.165) is 51.4 Å². The van der Waals surface area contributed by atoms with Gasteiger partial charge in [-0.3, -0.25) is 14.0 Å². The van der Waals surface area contributed by atoms with Crippen molar-refractivity contribution in [3.8, 4) is 11.3 Å². The third-order valence-corrected chi connectivity index (χ3v) is 6.67. The monoisotopic (exact) mass is 502 g/mol. The summed E-state index contributed by atoms with van der Waals surface area (Å²) in [6, 6.07) is 25.5. The van der Waals surface area contributed by atoms with E-state index in [-0.39, 0.29) is 11.7 Å². The summed E-state index contributed by atoms with van der Waals surface area (Å²) in [4.78, 5) is 29.2. The van der Waals surface area contributed by atoms with Crippen molar-refractivity contribution < 1.29 is 9.59 Å². The zero-order chi connectivity index (χ0) is 26.6. The standard InChI is InChI=1S/C32H30N4O2/c1-4-24-19-26(10-13-28(24)22(3)37)30-15-14-29(31-33-16-17-36(30)31)35-27-11-8-25(9-12-27)32(38)34-20-23-7-5-6-21(2)18-23/h5-19,35H,4,20H2,1-3H3,(H,34,38). The van der Waals surface area contributed by atoms with Crippen LogP contribution in [0.1, 0.15) is 51.3 Å². The lowest BCUT2D eigenvalue weighted by molar-refractivity contribution is 0.0950. The number of nitrogens with one attached hydrogen (secondary N) is 2. The summed E-state index contributed by atoms with van der Waals surface area (Å²) in [5, 5.41) is 6.41. The lowest BCUT2D eigenvalue weighted by atomic mass is 9.98. The van der Waals surface area contributed by atoms with Crippen molar-refractivity contribution in [2.45, 2.75) is 33.7 Å². The fourth-order valence-corrected chi connectivity index (χ4v) is 4.70. The van der Waals surface area contributed by atoms with Gasteiger partial charge >= 0.3 is 0 Å². The number of rotatable bonds is 8. The SMILES string of the molecule is CCc1cc(-c2ccc(Nc3ccc(C(=O)NCc4cccc(C)c4)cc3)c3nccn23)ccc1C(C)=O. The van der Waals surface area contributed by atoms with Crippen molar-refractivity contribution in [2.24, 2.45) is 0 Å². The Kier molecular flexibility index (Phi) is 7.05. The highest BCUT2D eigenvalue weighted by atomic mass is 16.1. The quantitative estimate of drug-likeness (QED) is 0.230. The number of aromatic nitrogens is 2. The number of carbonyl (C=O) groups excluding carboxylic acids is 2. The molecule has 0 aliphatic rings. The van der Waals surface area contributed by atoms with Gasteiger partial charge in [0.05, 0.1) is 11.4 Å². The maximum absolute atomic E-state index is 12.6. The summed E-state index contributed by atoms with van der Waals surface area (Å²) >= 11 is 0. The molecule has 2 N–H and O–H groups in total. The number of hydrogen-bond donors (Lipinski definition) is 2. The van der Waals surface area contributed by atoms with E-state index in [1.165, 1.54) is 5.56 Å². The maximum atomic E-state index is 12.6. The topological polar surface area (TPSA) is 75.5 Å². The summed E-state index contributed by atoms with van der Waals surface area (Å²) in [5.41, 5.74) is 9.17. The average Bonchev–Trinajstić information content (AvgIpc) is 3.42. The molecule has 190 valence electrons. The zero-order valence-corrected chi connectivity index (χ0v) is 21.8. The van der Waals surface area contributed by atoms with Gasteiger partial charge in [0, 0.05) is 35.8 Å². The van der Waals surface area contributed by atoms with Crippen LogP contribution >= 0.6 is 0 Å². The van der Waals surface area contributed by atoms with Crippen LogP contribution in [0.2, 0.25) is 0 Å². The minimum atomic E-state index is -0.111. The molecule has 0 aliphatic carbocycles. The molecule has 0 saturated carbocycles. The molecule has 0 unspecified atom stereocenters. The van der Waals surface area contributed by atoms with Crippen molar-refractivity contribution in [1.29, 1.82) is 0 Å². The highest BCUT2D eigenvalue weighted by molar-refractivity contribution is 5.96. The van der Waals surface area contributed by atoms with E-state index in [2.05, 4.69) is 34.7 Å². The molecule has 2 aromatic heterocycles. The predicted molar refractivity (Wildman–Crippen MR) is 152 cm³/mol. The summed E-state index contributed by atoms with van der Waals surface area (Å²) in [6.45, 7) is 6.19. The maximum Gasteiger partial charge on any atom is 0.251 e. The number of nitrogens with zero attached hydrogens (tertiary/aromatic N) is 2. The largest absolute Gasteiger partial charge is 0.352 e. The molecule has 0 saturated heterocycles. The highest BCUT2D eigenvalue weighted by Gasteiger charge is 2.13. The number of imidazole rings is 1. The van der Waals surface area contributed by atoms with Gasteiger partial charge in [-0.05, 0) is 79.4 Å². The van der Waals surface area contributed by atoms with Crippen LogP contribution in [0.25, 0.3) is 16.9 Å². The number of hydrogen-bond acceptors (Lipinski definition) is 4. The summed E-state index contributed by atoms with van der Waals surface area (Å²) < 4.78 is 2.04. The highest BCUT2D eigenvalue weighted by Crippen LogP contribution is 2.29. The number of fused-ring (bicyclic) bond motifs is 1. The van der Waals surface area contributed by atoms with Crippen LogP contribution in [-0.2, 0) is 13.0 Å². The van der Waals surface area contributed by atoms with E-state index >= 15 is 0 Å². The third-order valence-electron chi connectivity index (χ3n) is 6.67. The molecule has 0 spiro atoms. The fourth-order valence-electron chi connectivity index (χ4n) is 4.70. The molecule has 0 fully saturated rings. The minimum Gasteiger partial charge on any atom is -0.352 e. The Hall–Kier alpha value is -4.71. The minimum absolute atomic E-state index is 0.0792. The second-order valence-electron chi connectivity index (χ2n) is 9.41. The van der Waals surface area contributed by atoms with E-state index < -0.39 is 0 Å². The molecular formula is C32H30N4O2. The first-order valence-electron chi connectivity index (χ1n) is 12.7. The third kappa shape index (κ3) is 5.20. The van der Waals surface area contributed by atoms with Crippen molar-refractivity contribution in [3.63, 3.8) is 0 Å². The van der Waals surface area contributed by atoms with Gasteiger partial charge in [-0.25, -0.2) is 4.98 Å². The first kappa shape index (κ1) is 25.0. The van der Waals surface area contributed by atoms with Crippen molar-refractivity contribution in [1.82, 2.24) is 14.7 Å². The Bertz CT molecular complexity index is 1630. The molecule has 5 aromatic rings. The number of carbonyl (C=O) groups is 2. The van der Waals surface area contributed by atoms with Gasteiger partial charge in [0.2, 0.25) is 0 Å². The van der Waals surface area contributed by atoms with Crippen LogP contribution in [0.3, 0.4) is 0 Å². The molecule has 6 heteroatoms. The molecule has 2 heterocycles. The van der Waals surface area contributed by atoms with Gasteiger partial charge in [0.1, 0.15) is 0 Å². The van der Waals surface area contributed by atoms with Gasteiger partial charge in [0.15, 0.2) is 11.4 Å². The van der Waals surface area contributed by atoms with Crippen molar-refractivity contribution in [2.75, 3.05) is 5.32 Å². The van der Waals surface area contributed by atoms with Gasteiger partial charge in [-0.2, -0.15) is 0 Å². The summed E-state index contributed by atoms with van der Waals surface area (Å²) in [7, 11) is 0. The number of amides is 1. The van der Waals surface area contributed by atoms with Crippen LogP contribution in [0.4, 0.5) is 11.4 Å². The number of Topliss-reactive ketones (excluding diaryl/α,β-unsaturated/α-hetero) is 1. The zero-order valence-electron chi connectivity index (χ0n) is 21.8. The van der Waals surface area contributed by atoms with E-state index in [1.807, 2.05) is 84.3 Å². The second kappa shape index (κ2) is 10.7. The van der Waals surface area contributed by atoms with Gasteiger partial charge < -0.3 is 10.6 Å². The average molecular weight is 503 g/mol. The Labute approximate surface area is 222 Å². The van der Waals surface area contributed by atoms with Crippen LogP contribution in [0, 0.1) is 6.92 Å². The summed E-state index contributed by atoms with van der Waals surface area (Å²) in [6.07, 6.45) is 4.49. The van der Waals surface area contributed by atoms with Crippen molar-refractivity contribution >= 4 is 28.7 Å². The molecule has 38 heavy (non-hydrogen) atoms. The lowest BCUT2D eigenvalue weighted by Gasteiger charge is -2.14. The predicted octanol–water partition coefficient (Wildman–Crippen LogP) is 6.75. The van der Waals surface area contributed by atoms with Crippen LogP contribution in [0.5, 0.6) is 0 Å². The molecule has 0 radical (unpaired) electrons. The van der Waals surface area contributed by atoms with Gasteiger partial charge in [-0.15, -0.1) is 0 Å². The van der Waals surface area contributed by atoms with Gasteiger partial charge in [0.25, 0.3) is 5.91 Å². The smallest absolute Gasteiger partial charge is 0.251 e. The summed E-state index contributed by atoms with van der Waals surface area (Å²) in [5.74, 6) is -0.0317. The molecular weight excluding hydrogens is 472 g/mol. The van der Waals surface area contributed by atoms with Crippen LogP contribution in [-0.4, -0.2) is 21.1 Å². The van der Waals surface area contributed by atoms with E-state index in [9.17, 15) is 9.59 Å².